The highest BCUT2D eigenvalue weighted by Gasteiger charge is 2.21. The van der Waals surface area contributed by atoms with Crippen molar-refractivity contribution in [1.82, 2.24) is 10.6 Å². The Kier molecular flexibility index (Phi) is 5.71. The van der Waals surface area contributed by atoms with Gasteiger partial charge in [-0.15, -0.1) is 0 Å². The standard InChI is InChI=1S/C16H26N4/c1-17-16(19-14-10-11-14)18-12-6-7-13-20(2)15-8-4-3-5-9-15/h3-5,8-9,14H,6-7,10-13H2,1-2H3,(H2,17,18,19). The molecule has 0 spiro atoms. The van der Waals surface area contributed by atoms with E-state index in [1.807, 2.05) is 7.05 Å². The van der Waals surface area contributed by atoms with E-state index in [0.29, 0.717) is 6.04 Å². The summed E-state index contributed by atoms with van der Waals surface area (Å²) in [6.07, 6.45) is 4.90. The van der Waals surface area contributed by atoms with E-state index in [-0.39, 0.29) is 0 Å². The molecule has 20 heavy (non-hydrogen) atoms. The predicted molar refractivity (Wildman–Crippen MR) is 86.5 cm³/mol. The van der Waals surface area contributed by atoms with Crippen LogP contribution in [0.3, 0.4) is 0 Å². The fourth-order valence-corrected chi connectivity index (χ4v) is 2.11. The first-order chi connectivity index (χ1) is 9.79. The zero-order chi connectivity index (χ0) is 14.2. The lowest BCUT2D eigenvalue weighted by Crippen LogP contribution is -2.39. The van der Waals surface area contributed by atoms with E-state index in [9.17, 15) is 0 Å². The quantitative estimate of drug-likeness (QED) is 0.455. The molecule has 1 saturated carbocycles. The second-order valence-electron chi connectivity index (χ2n) is 5.38. The van der Waals surface area contributed by atoms with Gasteiger partial charge in [-0.25, -0.2) is 0 Å². The van der Waals surface area contributed by atoms with E-state index in [4.69, 9.17) is 0 Å². The highest BCUT2D eigenvalue weighted by atomic mass is 15.2. The van der Waals surface area contributed by atoms with Crippen LogP contribution in [0.4, 0.5) is 5.69 Å². The molecule has 0 unspecified atom stereocenters. The van der Waals surface area contributed by atoms with Crippen molar-refractivity contribution in [2.24, 2.45) is 4.99 Å². The summed E-state index contributed by atoms with van der Waals surface area (Å²) < 4.78 is 0. The Bertz CT molecular complexity index is 412. The zero-order valence-corrected chi connectivity index (χ0v) is 12.6. The molecule has 1 fully saturated rings. The van der Waals surface area contributed by atoms with Gasteiger partial charge in [0.05, 0.1) is 0 Å². The molecule has 4 nitrogen and oxygen atoms in total. The lowest BCUT2D eigenvalue weighted by atomic mass is 10.2. The molecule has 1 aliphatic rings. The van der Waals surface area contributed by atoms with Crippen LogP contribution >= 0.6 is 0 Å². The Morgan fingerprint density at radius 2 is 2.00 bits per heavy atom. The summed E-state index contributed by atoms with van der Waals surface area (Å²) in [5.74, 6) is 0.948. The zero-order valence-electron chi connectivity index (χ0n) is 12.6. The van der Waals surface area contributed by atoms with Crippen LogP contribution in [-0.2, 0) is 0 Å². The molecule has 0 bridgehead atoms. The van der Waals surface area contributed by atoms with Crippen LogP contribution in [0.5, 0.6) is 0 Å². The van der Waals surface area contributed by atoms with Gasteiger partial charge in [0.1, 0.15) is 0 Å². The van der Waals surface area contributed by atoms with Gasteiger partial charge in [-0.3, -0.25) is 4.99 Å². The lowest BCUT2D eigenvalue weighted by molar-refractivity contribution is 0.686. The predicted octanol–water partition coefficient (Wildman–Crippen LogP) is 2.23. The van der Waals surface area contributed by atoms with Gasteiger partial charge in [0.15, 0.2) is 5.96 Å². The molecule has 0 aliphatic heterocycles. The van der Waals surface area contributed by atoms with Gasteiger partial charge in [0.25, 0.3) is 0 Å². The highest BCUT2D eigenvalue weighted by molar-refractivity contribution is 5.80. The van der Waals surface area contributed by atoms with Crippen molar-refractivity contribution >= 4 is 11.6 Å². The maximum atomic E-state index is 4.23. The maximum Gasteiger partial charge on any atom is 0.191 e. The summed E-state index contributed by atoms with van der Waals surface area (Å²) in [5.41, 5.74) is 1.28. The molecule has 1 aliphatic carbocycles. The number of nitrogens with one attached hydrogen (secondary N) is 2. The van der Waals surface area contributed by atoms with Crippen molar-refractivity contribution in [3.8, 4) is 0 Å². The van der Waals surface area contributed by atoms with Crippen molar-refractivity contribution in [2.75, 3.05) is 32.1 Å². The van der Waals surface area contributed by atoms with Gasteiger partial charge in [0, 0.05) is 38.9 Å². The third-order valence-corrected chi connectivity index (χ3v) is 3.55. The monoisotopic (exact) mass is 274 g/mol. The molecule has 1 aromatic rings. The third kappa shape index (κ3) is 5.11. The molecular weight excluding hydrogens is 248 g/mol. The number of aliphatic imine (C=N–C) groups is 1. The number of benzene rings is 1. The molecule has 0 heterocycles. The maximum absolute atomic E-state index is 4.23. The first-order valence-corrected chi connectivity index (χ1v) is 7.53. The van der Waals surface area contributed by atoms with Crippen molar-refractivity contribution < 1.29 is 0 Å². The first-order valence-electron chi connectivity index (χ1n) is 7.53. The van der Waals surface area contributed by atoms with Crippen LogP contribution in [0.25, 0.3) is 0 Å². The van der Waals surface area contributed by atoms with Gasteiger partial charge < -0.3 is 15.5 Å². The molecular formula is C16H26N4. The molecule has 2 N–H and O–H groups in total. The molecule has 0 saturated heterocycles. The Morgan fingerprint density at radius 1 is 1.25 bits per heavy atom. The number of rotatable bonds is 7. The average molecular weight is 274 g/mol. The summed E-state index contributed by atoms with van der Waals surface area (Å²) in [5, 5.41) is 6.77. The SMILES string of the molecule is CN=C(NCCCCN(C)c1ccccc1)NC1CC1. The van der Waals surface area contributed by atoms with E-state index in [0.717, 1.165) is 25.5 Å². The molecule has 4 heteroatoms. The van der Waals surface area contributed by atoms with Gasteiger partial charge in [-0.2, -0.15) is 0 Å². The summed E-state index contributed by atoms with van der Waals surface area (Å²) in [7, 11) is 3.98. The fraction of sp³-hybridized carbons (Fsp3) is 0.562. The van der Waals surface area contributed by atoms with Gasteiger partial charge in [-0.05, 0) is 37.8 Å². The van der Waals surface area contributed by atoms with Crippen LogP contribution < -0.4 is 15.5 Å². The Hall–Kier alpha value is -1.71. The van der Waals surface area contributed by atoms with Gasteiger partial charge >= 0.3 is 0 Å². The van der Waals surface area contributed by atoms with Crippen LogP contribution in [0.1, 0.15) is 25.7 Å². The second-order valence-corrected chi connectivity index (χ2v) is 5.38. The molecule has 1 aromatic carbocycles. The van der Waals surface area contributed by atoms with Crippen LogP contribution in [-0.4, -0.2) is 39.2 Å². The Labute approximate surface area is 122 Å². The lowest BCUT2D eigenvalue weighted by Gasteiger charge is -2.19. The fourth-order valence-electron chi connectivity index (χ4n) is 2.11. The van der Waals surface area contributed by atoms with E-state index in [2.05, 4.69) is 57.9 Å². The Morgan fingerprint density at radius 3 is 2.65 bits per heavy atom. The smallest absolute Gasteiger partial charge is 0.191 e. The topological polar surface area (TPSA) is 39.7 Å². The number of guanidine groups is 1. The summed E-state index contributed by atoms with van der Waals surface area (Å²) in [6.45, 7) is 2.06. The van der Waals surface area contributed by atoms with Gasteiger partial charge in [-0.1, -0.05) is 18.2 Å². The largest absolute Gasteiger partial charge is 0.375 e. The van der Waals surface area contributed by atoms with Crippen LogP contribution in [0, 0.1) is 0 Å². The number of hydrogen-bond donors (Lipinski definition) is 2. The minimum absolute atomic E-state index is 0.658. The average Bonchev–Trinajstić information content (AvgIpc) is 3.30. The number of para-hydroxylation sites is 1. The first kappa shape index (κ1) is 14.7. The summed E-state index contributed by atoms with van der Waals surface area (Å²) in [6, 6.07) is 11.2. The normalized spacial score (nSPS) is 15.0. The molecule has 0 atom stereocenters. The number of anilines is 1. The summed E-state index contributed by atoms with van der Waals surface area (Å²) >= 11 is 0. The number of nitrogens with zero attached hydrogens (tertiary/aromatic N) is 2. The van der Waals surface area contributed by atoms with E-state index >= 15 is 0 Å². The van der Waals surface area contributed by atoms with E-state index in [1.165, 1.54) is 24.9 Å². The molecule has 0 radical (unpaired) electrons. The number of hydrogen-bond acceptors (Lipinski definition) is 2. The molecule has 2 rings (SSSR count). The molecule has 110 valence electrons. The minimum atomic E-state index is 0.658. The van der Waals surface area contributed by atoms with Crippen molar-refractivity contribution in [3.63, 3.8) is 0 Å². The van der Waals surface area contributed by atoms with Crippen LogP contribution in [0.2, 0.25) is 0 Å². The van der Waals surface area contributed by atoms with Crippen molar-refractivity contribution in [1.29, 1.82) is 0 Å². The number of unbranched alkanes of at least 4 members (excludes halogenated alkanes) is 1. The second kappa shape index (κ2) is 7.78. The minimum Gasteiger partial charge on any atom is -0.375 e. The van der Waals surface area contributed by atoms with Crippen molar-refractivity contribution in [2.45, 2.75) is 31.7 Å². The molecule has 0 amide bonds. The molecule has 0 aromatic heterocycles. The third-order valence-electron chi connectivity index (χ3n) is 3.55. The highest BCUT2D eigenvalue weighted by Crippen LogP contribution is 2.18. The van der Waals surface area contributed by atoms with Crippen LogP contribution in [0.15, 0.2) is 35.3 Å². The van der Waals surface area contributed by atoms with Crippen molar-refractivity contribution in [3.05, 3.63) is 30.3 Å². The summed E-state index contributed by atoms with van der Waals surface area (Å²) in [4.78, 5) is 6.54. The van der Waals surface area contributed by atoms with Gasteiger partial charge in [0.2, 0.25) is 0 Å². The Balaban J connectivity index is 1.56. The van der Waals surface area contributed by atoms with E-state index < -0.39 is 0 Å². The van der Waals surface area contributed by atoms with E-state index in [1.54, 1.807) is 0 Å².